The van der Waals surface area contributed by atoms with Crippen molar-refractivity contribution in [2.24, 2.45) is 59.2 Å². The molecule has 0 saturated heterocycles. The zero-order chi connectivity index (χ0) is 33.4. The van der Waals surface area contributed by atoms with Gasteiger partial charge in [0.05, 0.1) is 0 Å². The highest BCUT2D eigenvalue weighted by Crippen LogP contribution is 2.33. The van der Waals surface area contributed by atoms with Crippen LogP contribution in [0.25, 0.3) is 0 Å². The smallest absolute Gasteiger partial charge is 0.134 e. The van der Waals surface area contributed by atoms with Crippen molar-refractivity contribution in [1.82, 2.24) is 0 Å². The third kappa shape index (κ3) is 29.9. The number of rotatable bonds is 0. The summed E-state index contributed by atoms with van der Waals surface area (Å²) in [5.74, 6) is 5.81. The third-order valence-corrected chi connectivity index (χ3v) is 11.8. The standard InChI is InChI=1S/C8H14F2.2C8H15F.2C8H16.4CH4.4H2O.H2/c1-5-3-4-6(2)8(10)7(5)9;2*1-6-3-4-7(2)8(9)5-6;2*1-7-3-5-8(2)6-4-7;;;;;;;;;/h5-8H,3-4H2,1-2H3;2*6-8H,3-5H2,1-2H3;2*7-8H,3-6H2,1-2H3;4*1H4;4*1H2;1H. The van der Waals surface area contributed by atoms with Gasteiger partial charge in [0.25, 0.3) is 0 Å². The zero-order valence-corrected chi connectivity index (χ0v) is 32.9. The van der Waals surface area contributed by atoms with Crippen molar-refractivity contribution >= 4 is 0 Å². The first-order chi connectivity index (χ1) is 20.6. The molecule has 8 N–H and O–H groups in total. The Bertz CT molecular complexity index is 633. The highest BCUT2D eigenvalue weighted by Gasteiger charge is 2.35. The molecule has 4 nitrogen and oxygen atoms in total. The molecule has 0 aromatic heterocycles. The summed E-state index contributed by atoms with van der Waals surface area (Å²) in [4.78, 5) is 0. The minimum absolute atomic E-state index is 0. The highest BCUT2D eigenvalue weighted by atomic mass is 19.2. The second-order valence-corrected chi connectivity index (χ2v) is 17.0. The fraction of sp³-hybridized carbons (Fsp3) is 1.00. The lowest BCUT2D eigenvalue weighted by atomic mass is 9.81. The Kier molecular flexibility index (Phi) is 50.1. The van der Waals surface area contributed by atoms with Gasteiger partial charge in [0.15, 0.2) is 0 Å². The van der Waals surface area contributed by atoms with E-state index in [9.17, 15) is 17.6 Å². The van der Waals surface area contributed by atoms with Crippen LogP contribution >= 0.6 is 0 Å². The van der Waals surface area contributed by atoms with Crippen molar-refractivity contribution in [2.45, 2.75) is 226 Å². The molecule has 52 heavy (non-hydrogen) atoms. The van der Waals surface area contributed by atoms with E-state index in [4.69, 9.17) is 0 Å². The predicted octanol–water partition coefficient (Wildman–Crippen LogP) is 13.4. The lowest BCUT2D eigenvalue weighted by Gasteiger charge is -2.30. The van der Waals surface area contributed by atoms with Crippen LogP contribution in [0, 0.1) is 59.2 Å². The molecule has 0 spiro atoms. The van der Waals surface area contributed by atoms with Gasteiger partial charge in [-0.15, -0.1) is 0 Å². The number of alkyl halides is 4. The molecule has 0 aliphatic heterocycles. The maximum absolute atomic E-state index is 12.8. The molecule has 5 aliphatic carbocycles. The molecule has 5 saturated carbocycles. The number of halogens is 4. The summed E-state index contributed by atoms with van der Waals surface area (Å²) in [6.07, 6.45) is 16.2. The fourth-order valence-corrected chi connectivity index (χ4v) is 7.25. The average Bonchev–Trinajstić information content (AvgIpc) is 2.98. The Morgan fingerprint density at radius 3 is 0.635 bits per heavy atom. The van der Waals surface area contributed by atoms with E-state index in [1.807, 2.05) is 13.8 Å². The zero-order valence-electron chi connectivity index (χ0n) is 32.9. The van der Waals surface area contributed by atoms with Gasteiger partial charge in [-0.05, 0) is 97.7 Å². The summed E-state index contributed by atoms with van der Waals surface area (Å²) in [7, 11) is 0. The lowest BCUT2D eigenvalue weighted by Crippen LogP contribution is -2.35. The normalized spacial score (nSPS) is 37.3. The van der Waals surface area contributed by atoms with Gasteiger partial charge in [-0.2, -0.15) is 0 Å². The van der Waals surface area contributed by atoms with Crippen LogP contribution in [-0.2, 0) is 0 Å². The molecule has 0 heterocycles. The highest BCUT2D eigenvalue weighted by molar-refractivity contribution is 4.83. The summed E-state index contributed by atoms with van der Waals surface area (Å²) in [6, 6.07) is 0. The second kappa shape index (κ2) is 37.5. The maximum Gasteiger partial charge on any atom is 0.134 e. The van der Waals surface area contributed by atoms with E-state index in [0.717, 1.165) is 62.2 Å². The Morgan fingerprint density at radius 2 is 0.462 bits per heavy atom. The van der Waals surface area contributed by atoms with E-state index in [-0.39, 0.29) is 64.9 Å². The lowest BCUT2D eigenvalue weighted by molar-refractivity contribution is 0.0367. The fourth-order valence-electron chi connectivity index (χ4n) is 7.25. The van der Waals surface area contributed by atoms with Gasteiger partial charge in [-0.1, -0.05) is 163 Å². The van der Waals surface area contributed by atoms with Crippen molar-refractivity contribution in [3.05, 3.63) is 0 Å². The molecule has 10 unspecified atom stereocenters. The Morgan fingerprint density at radius 1 is 0.288 bits per heavy atom. The molecule has 8 heteroatoms. The van der Waals surface area contributed by atoms with Gasteiger partial charge < -0.3 is 21.9 Å². The van der Waals surface area contributed by atoms with Crippen LogP contribution in [0.4, 0.5) is 17.6 Å². The quantitative estimate of drug-likeness (QED) is 0.217. The first-order valence-corrected chi connectivity index (χ1v) is 19.2. The Labute approximate surface area is 326 Å². The summed E-state index contributed by atoms with van der Waals surface area (Å²) < 4.78 is 51.3. The number of hydrogen-bond donors (Lipinski definition) is 0. The van der Waals surface area contributed by atoms with Gasteiger partial charge in [0, 0.05) is 1.43 Å². The van der Waals surface area contributed by atoms with Crippen LogP contribution in [-0.4, -0.2) is 46.6 Å². The summed E-state index contributed by atoms with van der Waals surface area (Å²) in [6.45, 7) is 21.3. The second-order valence-electron chi connectivity index (χ2n) is 17.0. The van der Waals surface area contributed by atoms with Crippen LogP contribution < -0.4 is 0 Å². The Hall–Kier alpha value is -0.440. The van der Waals surface area contributed by atoms with Crippen LogP contribution in [0.2, 0.25) is 0 Å². The molecule has 0 amide bonds. The van der Waals surface area contributed by atoms with Crippen molar-refractivity contribution in [3.63, 3.8) is 0 Å². The minimum Gasteiger partial charge on any atom is -0.412 e. The van der Waals surface area contributed by atoms with E-state index >= 15 is 0 Å². The first kappa shape index (κ1) is 69.5. The summed E-state index contributed by atoms with van der Waals surface area (Å²) in [5, 5.41) is 0. The SMILES string of the molecule is C.C.C.C.CC1CCC(C)C(F)C1.CC1CCC(C)C(F)C1.CC1CCC(C)C(F)C1F.CC1CCC(C)CC1.CC1CCC(C)CC1.O.O.O.O.[HH]. The molecule has 5 fully saturated rings. The molecule has 10 atom stereocenters. The van der Waals surface area contributed by atoms with Gasteiger partial charge in [0.1, 0.15) is 24.7 Å². The molecule has 5 aliphatic rings. The average molecular weight is 771 g/mol. The van der Waals surface area contributed by atoms with Gasteiger partial charge in [-0.25, -0.2) is 17.6 Å². The van der Waals surface area contributed by atoms with E-state index in [0.29, 0.717) is 23.7 Å². The summed E-state index contributed by atoms with van der Waals surface area (Å²) >= 11 is 0. The predicted molar refractivity (Wildman–Crippen MR) is 229 cm³/mol. The third-order valence-electron chi connectivity index (χ3n) is 11.8. The van der Waals surface area contributed by atoms with Crippen molar-refractivity contribution < 1.29 is 40.9 Å². The monoisotopic (exact) mass is 771 g/mol. The largest absolute Gasteiger partial charge is 0.412 e. The van der Waals surface area contributed by atoms with Crippen molar-refractivity contribution in [2.75, 3.05) is 0 Å². The molecule has 0 aromatic rings. The van der Waals surface area contributed by atoms with Crippen LogP contribution in [0.1, 0.15) is 203 Å². The topological polar surface area (TPSA) is 126 Å². The molecule has 330 valence electrons. The van der Waals surface area contributed by atoms with Gasteiger partial charge >= 0.3 is 0 Å². The van der Waals surface area contributed by atoms with E-state index in [2.05, 4.69) is 41.5 Å². The molecular weight excluding hydrogens is 668 g/mol. The molecule has 0 bridgehead atoms. The van der Waals surface area contributed by atoms with Crippen LogP contribution in [0.3, 0.4) is 0 Å². The molecule has 0 radical (unpaired) electrons. The van der Waals surface area contributed by atoms with E-state index < -0.39 is 24.7 Å². The molecular formula is C44H102F4O4. The molecule has 5 rings (SSSR count). The van der Waals surface area contributed by atoms with Crippen LogP contribution in [0.5, 0.6) is 0 Å². The Balaban J connectivity index is -0.0000000627. The van der Waals surface area contributed by atoms with Gasteiger partial charge in [0.2, 0.25) is 0 Å². The molecule has 0 aromatic carbocycles. The first-order valence-electron chi connectivity index (χ1n) is 19.2. The van der Waals surface area contributed by atoms with Crippen LogP contribution in [0.15, 0.2) is 0 Å². The maximum atomic E-state index is 12.8. The van der Waals surface area contributed by atoms with E-state index in [1.165, 1.54) is 64.2 Å². The summed E-state index contributed by atoms with van der Waals surface area (Å²) in [5.41, 5.74) is 0. The minimum atomic E-state index is -1.22. The van der Waals surface area contributed by atoms with Crippen molar-refractivity contribution in [3.8, 4) is 0 Å². The number of hydrogen-bond acceptors (Lipinski definition) is 0. The van der Waals surface area contributed by atoms with Crippen molar-refractivity contribution in [1.29, 1.82) is 0 Å². The van der Waals surface area contributed by atoms with E-state index in [1.54, 1.807) is 13.8 Å². The van der Waals surface area contributed by atoms with Gasteiger partial charge in [-0.3, -0.25) is 0 Å².